The van der Waals surface area contributed by atoms with Gasteiger partial charge in [0.2, 0.25) is 0 Å². The molecule has 136 valence electrons. The molecule has 7 nitrogen and oxygen atoms in total. The number of amides is 1. The maximum atomic E-state index is 12.4. The van der Waals surface area contributed by atoms with Crippen molar-refractivity contribution in [3.63, 3.8) is 0 Å². The van der Waals surface area contributed by atoms with E-state index in [4.69, 9.17) is 4.74 Å². The van der Waals surface area contributed by atoms with Gasteiger partial charge < -0.3 is 10.1 Å². The number of carbonyl (C=O) groups excluding carboxylic acids is 2. The summed E-state index contributed by atoms with van der Waals surface area (Å²) in [7, 11) is 0. The van der Waals surface area contributed by atoms with E-state index in [0.717, 1.165) is 5.56 Å². The lowest BCUT2D eigenvalue weighted by Gasteiger charge is -2.16. The Labute approximate surface area is 151 Å². The van der Waals surface area contributed by atoms with Gasteiger partial charge in [-0.15, -0.1) is 0 Å². The summed E-state index contributed by atoms with van der Waals surface area (Å²) in [5.74, 6) is -1.17. The van der Waals surface area contributed by atoms with Crippen molar-refractivity contribution in [3.05, 3.63) is 75.3 Å². The third kappa shape index (κ3) is 4.66. The van der Waals surface area contributed by atoms with E-state index in [1.54, 1.807) is 6.92 Å². The Morgan fingerprint density at radius 1 is 1.15 bits per heavy atom. The van der Waals surface area contributed by atoms with Gasteiger partial charge in [-0.05, 0) is 25.0 Å². The van der Waals surface area contributed by atoms with Gasteiger partial charge in [0, 0.05) is 18.2 Å². The van der Waals surface area contributed by atoms with Crippen LogP contribution in [0.15, 0.2) is 48.5 Å². The number of carbonyl (C=O) groups is 2. The molecular weight excluding hydrogens is 336 g/mol. The van der Waals surface area contributed by atoms with Crippen LogP contribution in [-0.2, 0) is 16.1 Å². The smallest absolute Gasteiger partial charge is 0.339 e. The molecular formula is C19H20N2O5. The summed E-state index contributed by atoms with van der Waals surface area (Å²) in [5, 5.41) is 13.7. The predicted octanol–water partition coefficient (Wildman–Crippen LogP) is 3.16. The third-order valence-electron chi connectivity index (χ3n) is 3.94. The zero-order valence-electron chi connectivity index (χ0n) is 14.6. The second-order valence-corrected chi connectivity index (χ2v) is 5.71. The van der Waals surface area contributed by atoms with Gasteiger partial charge in [0.25, 0.3) is 11.6 Å². The van der Waals surface area contributed by atoms with E-state index >= 15 is 0 Å². The standard InChI is InChI=1S/C19H20N2O5/c1-3-17(18(22)20-12-14-8-5-4-6-9-14)26-19(23)15-10-7-11-16(13(15)2)21(24)25/h4-11,17H,3,12H2,1-2H3,(H,20,22). The molecule has 0 spiro atoms. The number of nitro groups is 1. The molecule has 7 heteroatoms. The van der Waals surface area contributed by atoms with Crippen LogP contribution < -0.4 is 5.32 Å². The largest absolute Gasteiger partial charge is 0.449 e. The number of nitrogens with one attached hydrogen (secondary N) is 1. The molecule has 0 aliphatic carbocycles. The molecule has 0 radical (unpaired) electrons. The SMILES string of the molecule is CCC(OC(=O)c1cccc([N+](=O)[O-])c1C)C(=O)NCc1ccccc1. The van der Waals surface area contributed by atoms with E-state index in [1.165, 1.54) is 25.1 Å². The van der Waals surface area contributed by atoms with E-state index in [9.17, 15) is 19.7 Å². The maximum absolute atomic E-state index is 12.4. The van der Waals surface area contributed by atoms with Crippen LogP contribution in [0, 0.1) is 17.0 Å². The molecule has 2 aromatic rings. The molecule has 2 rings (SSSR count). The number of hydrogen-bond acceptors (Lipinski definition) is 5. The normalized spacial score (nSPS) is 11.5. The molecule has 1 atom stereocenters. The maximum Gasteiger partial charge on any atom is 0.339 e. The second kappa shape index (κ2) is 8.75. The van der Waals surface area contributed by atoms with Crippen LogP contribution in [0.25, 0.3) is 0 Å². The van der Waals surface area contributed by atoms with Gasteiger partial charge in [0.15, 0.2) is 6.10 Å². The first-order chi connectivity index (χ1) is 12.4. The molecule has 26 heavy (non-hydrogen) atoms. The molecule has 2 aromatic carbocycles. The highest BCUT2D eigenvalue weighted by Gasteiger charge is 2.25. The van der Waals surface area contributed by atoms with Crippen molar-refractivity contribution in [1.82, 2.24) is 5.32 Å². The summed E-state index contributed by atoms with van der Waals surface area (Å²) in [6.45, 7) is 3.52. The molecule has 0 aliphatic rings. The summed E-state index contributed by atoms with van der Waals surface area (Å²) in [6.07, 6.45) is -0.676. The Morgan fingerprint density at radius 2 is 1.85 bits per heavy atom. The second-order valence-electron chi connectivity index (χ2n) is 5.71. The van der Waals surface area contributed by atoms with Gasteiger partial charge in [0.1, 0.15) is 0 Å². The molecule has 0 fully saturated rings. The minimum atomic E-state index is -0.968. The lowest BCUT2D eigenvalue weighted by atomic mass is 10.1. The number of benzene rings is 2. The van der Waals surface area contributed by atoms with Gasteiger partial charge in [0.05, 0.1) is 10.5 Å². The van der Waals surface area contributed by atoms with Crippen molar-refractivity contribution in [3.8, 4) is 0 Å². The van der Waals surface area contributed by atoms with Crippen LogP contribution in [0.5, 0.6) is 0 Å². The summed E-state index contributed by atoms with van der Waals surface area (Å²) in [4.78, 5) is 35.1. The lowest BCUT2D eigenvalue weighted by Crippen LogP contribution is -2.37. The lowest BCUT2D eigenvalue weighted by molar-refractivity contribution is -0.385. The number of hydrogen-bond donors (Lipinski definition) is 1. The van der Waals surface area contributed by atoms with Gasteiger partial charge >= 0.3 is 5.97 Å². The zero-order chi connectivity index (χ0) is 19.1. The monoisotopic (exact) mass is 356 g/mol. The average molecular weight is 356 g/mol. The Balaban J connectivity index is 2.05. The Kier molecular flexibility index (Phi) is 6.43. The van der Waals surface area contributed by atoms with Crippen molar-refractivity contribution in [2.45, 2.75) is 32.9 Å². The van der Waals surface area contributed by atoms with Crippen molar-refractivity contribution in [1.29, 1.82) is 0 Å². The number of ether oxygens (including phenoxy) is 1. The van der Waals surface area contributed by atoms with E-state index < -0.39 is 22.9 Å². The van der Waals surface area contributed by atoms with Crippen molar-refractivity contribution >= 4 is 17.6 Å². The Morgan fingerprint density at radius 3 is 2.46 bits per heavy atom. The Bertz CT molecular complexity index is 805. The first-order valence-corrected chi connectivity index (χ1v) is 8.20. The number of esters is 1. The van der Waals surface area contributed by atoms with E-state index in [1.807, 2.05) is 30.3 Å². The van der Waals surface area contributed by atoms with Gasteiger partial charge in [-0.3, -0.25) is 14.9 Å². The number of rotatable bonds is 7. The van der Waals surface area contributed by atoms with Gasteiger partial charge in [-0.25, -0.2) is 4.79 Å². The fraction of sp³-hybridized carbons (Fsp3) is 0.263. The highest BCUT2D eigenvalue weighted by atomic mass is 16.6. The predicted molar refractivity (Wildman–Crippen MR) is 95.6 cm³/mol. The fourth-order valence-electron chi connectivity index (χ4n) is 2.46. The van der Waals surface area contributed by atoms with Gasteiger partial charge in [-0.1, -0.05) is 43.3 Å². The third-order valence-corrected chi connectivity index (χ3v) is 3.94. The minimum absolute atomic E-state index is 0.0773. The Hall–Kier alpha value is -3.22. The molecule has 0 aromatic heterocycles. The van der Waals surface area contributed by atoms with Crippen LogP contribution in [0.3, 0.4) is 0 Å². The molecule has 1 N–H and O–H groups in total. The molecule has 0 saturated carbocycles. The highest BCUT2D eigenvalue weighted by molar-refractivity contribution is 5.94. The molecule has 1 unspecified atom stereocenters. The summed E-state index contributed by atoms with van der Waals surface area (Å²) in [5.41, 5.74) is 1.05. The fourth-order valence-corrected chi connectivity index (χ4v) is 2.46. The molecule has 0 heterocycles. The minimum Gasteiger partial charge on any atom is -0.449 e. The van der Waals surface area contributed by atoms with E-state index in [0.29, 0.717) is 13.0 Å². The topological polar surface area (TPSA) is 98.5 Å². The average Bonchev–Trinajstić information content (AvgIpc) is 2.64. The van der Waals surface area contributed by atoms with Crippen LogP contribution >= 0.6 is 0 Å². The first-order valence-electron chi connectivity index (χ1n) is 8.20. The van der Waals surface area contributed by atoms with E-state index in [2.05, 4.69) is 5.32 Å². The molecule has 1 amide bonds. The van der Waals surface area contributed by atoms with Crippen LogP contribution in [0.4, 0.5) is 5.69 Å². The zero-order valence-corrected chi connectivity index (χ0v) is 14.6. The first kappa shape index (κ1) is 19.1. The summed E-state index contributed by atoms with van der Waals surface area (Å²) in [6, 6.07) is 13.5. The summed E-state index contributed by atoms with van der Waals surface area (Å²) < 4.78 is 5.28. The number of nitro benzene ring substituents is 1. The highest BCUT2D eigenvalue weighted by Crippen LogP contribution is 2.22. The van der Waals surface area contributed by atoms with Gasteiger partial charge in [-0.2, -0.15) is 0 Å². The molecule has 0 aliphatic heterocycles. The quantitative estimate of drug-likeness (QED) is 0.467. The molecule has 0 bridgehead atoms. The van der Waals surface area contributed by atoms with Crippen LogP contribution in [-0.4, -0.2) is 22.9 Å². The summed E-state index contributed by atoms with van der Waals surface area (Å²) >= 11 is 0. The van der Waals surface area contributed by atoms with Crippen molar-refractivity contribution < 1.29 is 19.2 Å². The van der Waals surface area contributed by atoms with Crippen LogP contribution in [0.2, 0.25) is 0 Å². The van der Waals surface area contributed by atoms with Crippen molar-refractivity contribution in [2.24, 2.45) is 0 Å². The van der Waals surface area contributed by atoms with Crippen LogP contribution in [0.1, 0.15) is 34.8 Å². The molecule has 0 saturated heterocycles. The number of nitrogens with zero attached hydrogens (tertiary/aromatic N) is 1. The van der Waals surface area contributed by atoms with Crippen molar-refractivity contribution in [2.75, 3.05) is 0 Å². The van der Waals surface area contributed by atoms with E-state index in [-0.39, 0.29) is 16.8 Å².